The van der Waals surface area contributed by atoms with Crippen molar-refractivity contribution in [2.45, 2.75) is 46.0 Å². The van der Waals surface area contributed by atoms with Gasteiger partial charge in [-0.25, -0.2) is 14.8 Å². The molecule has 1 unspecified atom stereocenters. The van der Waals surface area contributed by atoms with Crippen LogP contribution in [0.5, 0.6) is 0 Å². The van der Waals surface area contributed by atoms with Gasteiger partial charge in [0.2, 0.25) is 0 Å². The quantitative estimate of drug-likeness (QED) is 0.592. The Balaban J connectivity index is 1.78. The zero-order chi connectivity index (χ0) is 20.5. The summed E-state index contributed by atoms with van der Waals surface area (Å²) in [4.78, 5) is 24.4. The van der Waals surface area contributed by atoms with Crippen molar-refractivity contribution >= 4 is 34.0 Å². The molecule has 0 saturated carbocycles. The minimum absolute atomic E-state index is 0.329. The zero-order valence-electron chi connectivity index (χ0n) is 17.4. The molecule has 154 valence electrons. The van der Waals surface area contributed by atoms with Crippen molar-refractivity contribution in [3.8, 4) is 0 Å². The van der Waals surface area contributed by atoms with Crippen LogP contribution in [0, 0.1) is 6.92 Å². The number of rotatable bonds is 5. The highest BCUT2D eigenvalue weighted by molar-refractivity contribution is 7.09. The first kappa shape index (κ1) is 19.8. The molecule has 7 nitrogen and oxygen atoms in total. The third-order valence-corrected chi connectivity index (χ3v) is 6.57. The topological polar surface area (TPSA) is 73.1 Å². The highest BCUT2D eigenvalue weighted by Gasteiger charge is 2.30. The highest BCUT2D eigenvalue weighted by Crippen LogP contribution is 2.37. The molecule has 1 aliphatic heterocycles. The Bertz CT molecular complexity index is 1040. The maximum absolute atomic E-state index is 12.7. The Hall–Kier alpha value is -2.48. The Kier molecular flexibility index (Phi) is 5.54. The molecule has 4 rings (SSSR count). The first-order chi connectivity index (χ1) is 14.0. The number of hydrogen-bond donors (Lipinski definition) is 0. The number of carbonyl (C=O) groups is 1. The Morgan fingerprint density at radius 3 is 2.93 bits per heavy atom. The molecule has 0 aromatic carbocycles. The van der Waals surface area contributed by atoms with Crippen LogP contribution in [0.1, 0.15) is 59.4 Å². The monoisotopic (exact) mass is 413 g/mol. The number of aromatic nitrogens is 4. The smallest absolute Gasteiger partial charge is 0.341 e. The number of ether oxygens (including phenoxy) is 1. The van der Waals surface area contributed by atoms with E-state index in [0.29, 0.717) is 18.1 Å². The van der Waals surface area contributed by atoms with Gasteiger partial charge in [-0.15, -0.1) is 11.3 Å². The predicted octanol–water partition coefficient (Wildman–Crippen LogP) is 3.86. The van der Waals surface area contributed by atoms with E-state index in [9.17, 15) is 4.79 Å². The first-order valence-corrected chi connectivity index (χ1v) is 11.1. The van der Waals surface area contributed by atoms with Gasteiger partial charge in [-0.1, -0.05) is 6.92 Å². The lowest BCUT2D eigenvalue weighted by Crippen LogP contribution is -2.35. The lowest BCUT2D eigenvalue weighted by Gasteiger charge is -2.35. The summed E-state index contributed by atoms with van der Waals surface area (Å²) in [7, 11) is 1.89. The van der Waals surface area contributed by atoms with Gasteiger partial charge >= 0.3 is 5.97 Å². The fraction of sp³-hybridized carbons (Fsp3) is 0.524. The van der Waals surface area contributed by atoms with E-state index >= 15 is 0 Å². The van der Waals surface area contributed by atoms with Crippen molar-refractivity contribution in [1.29, 1.82) is 0 Å². The van der Waals surface area contributed by atoms with Crippen LogP contribution in [0.15, 0.2) is 11.6 Å². The molecule has 4 heterocycles. The van der Waals surface area contributed by atoms with Gasteiger partial charge in [0.25, 0.3) is 0 Å². The van der Waals surface area contributed by atoms with Gasteiger partial charge < -0.3 is 9.64 Å². The molecular weight excluding hydrogens is 386 g/mol. The lowest BCUT2D eigenvalue weighted by molar-refractivity contribution is 0.0526. The molecule has 1 atom stereocenters. The molecule has 0 bridgehead atoms. The van der Waals surface area contributed by atoms with Gasteiger partial charge in [0.1, 0.15) is 5.56 Å². The van der Waals surface area contributed by atoms with Gasteiger partial charge in [-0.2, -0.15) is 5.10 Å². The molecule has 1 aliphatic rings. The van der Waals surface area contributed by atoms with E-state index in [0.717, 1.165) is 60.5 Å². The van der Waals surface area contributed by atoms with Crippen LogP contribution >= 0.6 is 11.3 Å². The van der Waals surface area contributed by atoms with Crippen LogP contribution in [0.4, 0.5) is 5.69 Å². The van der Waals surface area contributed by atoms with E-state index in [1.165, 1.54) is 5.01 Å². The van der Waals surface area contributed by atoms with Crippen molar-refractivity contribution in [2.75, 3.05) is 24.6 Å². The summed E-state index contributed by atoms with van der Waals surface area (Å²) in [6, 6.07) is 0. The number of thiazole rings is 1. The van der Waals surface area contributed by atoms with Gasteiger partial charge in [-0.3, -0.25) is 4.68 Å². The molecule has 0 spiro atoms. The highest BCUT2D eigenvalue weighted by atomic mass is 32.1. The molecule has 3 aromatic rings. The number of esters is 1. The van der Waals surface area contributed by atoms with Gasteiger partial charge in [0.15, 0.2) is 5.65 Å². The van der Waals surface area contributed by atoms with Crippen molar-refractivity contribution in [2.24, 2.45) is 7.05 Å². The van der Waals surface area contributed by atoms with Gasteiger partial charge in [0.05, 0.1) is 34.1 Å². The van der Waals surface area contributed by atoms with Gasteiger partial charge in [-0.05, 0) is 33.1 Å². The summed E-state index contributed by atoms with van der Waals surface area (Å²) in [5.74, 6) is 0.0362. The van der Waals surface area contributed by atoms with E-state index in [-0.39, 0.29) is 5.97 Å². The second-order valence-corrected chi connectivity index (χ2v) is 8.35. The van der Waals surface area contributed by atoms with Crippen molar-refractivity contribution in [1.82, 2.24) is 19.7 Å². The van der Waals surface area contributed by atoms with Crippen LogP contribution in [-0.4, -0.2) is 45.4 Å². The molecular formula is C21H27N5O2S. The maximum Gasteiger partial charge on any atom is 0.341 e. The second-order valence-electron chi connectivity index (χ2n) is 7.46. The number of carbonyl (C=O) groups excluding carboxylic acids is 1. The summed E-state index contributed by atoms with van der Waals surface area (Å²) in [6.45, 7) is 7.99. The van der Waals surface area contributed by atoms with Gasteiger partial charge in [0, 0.05) is 37.6 Å². The van der Waals surface area contributed by atoms with Crippen LogP contribution in [0.25, 0.3) is 11.0 Å². The molecule has 1 saturated heterocycles. The largest absolute Gasteiger partial charge is 0.462 e. The SMILES string of the molecule is CCOC(=O)c1cnc2c(c(C)nn2C)c1N1CCCC(c2nc(CC)cs2)C1. The number of anilines is 1. The summed E-state index contributed by atoms with van der Waals surface area (Å²) < 4.78 is 7.12. The van der Waals surface area contributed by atoms with Crippen molar-refractivity contribution < 1.29 is 9.53 Å². The number of hydrogen-bond acceptors (Lipinski definition) is 7. The van der Waals surface area contributed by atoms with E-state index in [1.807, 2.05) is 20.9 Å². The average molecular weight is 414 g/mol. The normalized spacial score (nSPS) is 17.1. The lowest BCUT2D eigenvalue weighted by atomic mass is 9.96. The minimum Gasteiger partial charge on any atom is -0.462 e. The third kappa shape index (κ3) is 3.61. The van der Waals surface area contributed by atoms with E-state index in [4.69, 9.17) is 9.72 Å². The molecule has 8 heteroatoms. The molecule has 29 heavy (non-hydrogen) atoms. The van der Waals surface area contributed by atoms with E-state index in [1.54, 1.807) is 22.2 Å². The summed E-state index contributed by atoms with van der Waals surface area (Å²) in [6.07, 6.45) is 4.76. The number of nitrogens with zero attached hydrogens (tertiary/aromatic N) is 5. The van der Waals surface area contributed by atoms with Crippen LogP contribution in [-0.2, 0) is 18.2 Å². The summed E-state index contributed by atoms with van der Waals surface area (Å²) in [5.41, 5.74) is 4.24. The zero-order valence-corrected chi connectivity index (χ0v) is 18.3. The van der Waals surface area contributed by atoms with Crippen LogP contribution < -0.4 is 4.90 Å². The molecule has 0 aliphatic carbocycles. The first-order valence-electron chi connectivity index (χ1n) is 10.2. The fourth-order valence-corrected chi connectivity index (χ4v) is 5.16. The number of aryl methyl sites for hydroxylation is 3. The summed E-state index contributed by atoms with van der Waals surface area (Å²) in [5, 5.41) is 8.84. The van der Waals surface area contributed by atoms with Crippen LogP contribution in [0.3, 0.4) is 0 Å². The summed E-state index contributed by atoms with van der Waals surface area (Å²) >= 11 is 1.75. The van der Waals surface area contributed by atoms with Crippen molar-refractivity contribution in [3.05, 3.63) is 33.5 Å². The van der Waals surface area contributed by atoms with E-state index in [2.05, 4.69) is 27.3 Å². The number of piperidine rings is 1. The molecule has 0 amide bonds. The predicted molar refractivity (Wildman–Crippen MR) is 115 cm³/mol. The van der Waals surface area contributed by atoms with E-state index < -0.39 is 0 Å². The standard InChI is InChI=1S/C21H27N5O2S/c1-5-15-12-29-20(23-15)14-8-7-9-26(11-14)18-16(21(27)28-6-2)10-22-19-17(18)13(3)24-25(19)4/h10,12,14H,5-9,11H2,1-4H3. The Labute approximate surface area is 174 Å². The number of fused-ring (bicyclic) bond motifs is 1. The second kappa shape index (κ2) is 8.10. The van der Waals surface area contributed by atoms with Crippen molar-refractivity contribution in [3.63, 3.8) is 0 Å². The number of pyridine rings is 1. The molecule has 0 N–H and O–H groups in total. The fourth-order valence-electron chi connectivity index (χ4n) is 4.13. The maximum atomic E-state index is 12.7. The minimum atomic E-state index is -0.329. The third-order valence-electron chi connectivity index (χ3n) is 5.51. The Morgan fingerprint density at radius 1 is 1.38 bits per heavy atom. The molecule has 0 radical (unpaired) electrons. The Morgan fingerprint density at radius 2 is 2.21 bits per heavy atom. The molecule has 3 aromatic heterocycles. The average Bonchev–Trinajstić information content (AvgIpc) is 3.32. The molecule has 1 fully saturated rings. The van der Waals surface area contributed by atoms with Crippen LogP contribution in [0.2, 0.25) is 0 Å².